The summed E-state index contributed by atoms with van der Waals surface area (Å²) in [5, 5.41) is 0. The average molecular weight is 195 g/mol. The molecule has 0 bridgehead atoms. The Kier molecular flexibility index (Phi) is 3.27. The van der Waals surface area contributed by atoms with Crippen molar-refractivity contribution in [2.24, 2.45) is 10.7 Å². The minimum Gasteiger partial charge on any atom is -0.370 e. The summed E-state index contributed by atoms with van der Waals surface area (Å²) in [5.74, 6) is 0.802. The van der Waals surface area contributed by atoms with Gasteiger partial charge in [0.1, 0.15) is 0 Å². The summed E-state index contributed by atoms with van der Waals surface area (Å²) in [7, 11) is 0. The Morgan fingerprint density at radius 3 is 2.29 bits per heavy atom. The number of hydrogen-bond acceptors (Lipinski definition) is 1. The Balaban J connectivity index is 1.87. The molecule has 2 fully saturated rings. The Morgan fingerprint density at radius 1 is 1.00 bits per heavy atom. The topological polar surface area (TPSA) is 41.6 Å². The second kappa shape index (κ2) is 4.67. The first kappa shape index (κ1) is 9.81. The molecule has 0 radical (unpaired) electrons. The van der Waals surface area contributed by atoms with Gasteiger partial charge in [0, 0.05) is 13.1 Å². The van der Waals surface area contributed by atoms with Gasteiger partial charge in [0.05, 0.1) is 6.04 Å². The maximum absolute atomic E-state index is 6.00. The summed E-state index contributed by atoms with van der Waals surface area (Å²) in [6, 6.07) is 0.525. The van der Waals surface area contributed by atoms with E-state index in [0.29, 0.717) is 6.04 Å². The SMILES string of the molecule is NC(=NC1CCCC1)N1CCCCC1. The van der Waals surface area contributed by atoms with Crippen LogP contribution in [-0.2, 0) is 0 Å². The second-order valence-corrected chi connectivity index (χ2v) is 4.47. The van der Waals surface area contributed by atoms with Gasteiger partial charge >= 0.3 is 0 Å². The molecule has 0 amide bonds. The molecule has 3 heteroatoms. The zero-order chi connectivity index (χ0) is 9.80. The van der Waals surface area contributed by atoms with Gasteiger partial charge in [0.25, 0.3) is 0 Å². The number of aliphatic imine (C=N–C) groups is 1. The summed E-state index contributed by atoms with van der Waals surface area (Å²) in [6.07, 6.45) is 9.07. The molecule has 1 saturated heterocycles. The van der Waals surface area contributed by atoms with E-state index in [1.165, 1.54) is 44.9 Å². The van der Waals surface area contributed by atoms with Gasteiger partial charge in [-0.1, -0.05) is 12.8 Å². The summed E-state index contributed by atoms with van der Waals surface area (Å²) in [5.41, 5.74) is 6.00. The standard InChI is InChI=1S/C11H21N3/c12-11(13-10-6-2-3-7-10)14-8-4-1-5-9-14/h10H,1-9H2,(H2,12,13). The Morgan fingerprint density at radius 2 is 1.64 bits per heavy atom. The van der Waals surface area contributed by atoms with Gasteiger partial charge in [0.2, 0.25) is 0 Å². The number of rotatable bonds is 1. The molecule has 0 unspecified atom stereocenters. The van der Waals surface area contributed by atoms with Crippen LogP contribution in [0.4, 0.5) is 0 Å². The van der Waals surface area contributed by atoms with E-state index in [4.69, 9.17) is 5.73 Å². The van der Waals surface area contributed by atoms with Gasteiger partial charge in [-0.3, -0.25) is 0 Å². The lowest BCUT2D eigenvalue weighted by Crippen LogP contribution is -2.41. The highest BCUT2D eigenvalue weighted by atomic mass is 15.3. The Labute approximate surface area is 86.4 Å². The molecule has 14 heavy (non-hydrogen) atoms. The number of guanidine groups is 1. The fourth-order valence-corrected chi connectivity index (χ4v) is 2.43. The third-order valence-electron chi connectivity index (χ3n) is 3.32. The van der Waals surface area contributed by atoms with Crippen LogP contribution >= 0.6 is 0 Å². The molecule has 0 spiro atoms. The highest BCUT2D eigenvalue weighted by Crippen LogP contribution is 2.21. The maximum atomic E-state index is 6.00. The van der Waals surface area contributed by atoms with Crippen molar-refractivity contribution in [3.63, 3.8) is 0 Å². The fourth-order valence-electron chi connectivity index (χ4n) is 2.43. The average Bonchev–Trinajstić information content (AvgIpc) is 2.72. The molecule has 3 nitrogen and oxygen atoms in total. The van der Waals surface area contributed by atoms with E-state index in [2.05, 4.69) is 9.89 Å². The second-order valence-electron chi connectivity index (χ2n) is 4.47. The molecule has 1 saturated carbocycles. The number of likely N-dealkylation sites (tertiary alicyclic amines) is 1. The van der Waals surface area contributed by atoms with Crippen molar-refractivity contribution in [1.82, 2.24) is 4.90 Å². The monoisotopic (exact) mass is 195 g/mol. The van der Waals surface area contributed by atoms with Gasteiger partial charge in [0.15, 0.2) is 5.96 Å². The highest BCUT2D eigenvalue weighted by Gasteiger charge is 2.17. The van der Waals surface area contributed by atoms with Crippen LogP contribution in [0.3, 0.4) is 0 Å². The van der Waals surface area contributed by atoms with Crippen LogP contribution in [-0.4, -0.2) is 30.0 Å². The number of nitrogens with two attached hydrogens (primary N) is 1. The van der Waals surface area contributed by atoms with E-state index in [9.17, 15) is 0 Å². The molecule has 1 aliphatic carbocycles. The first-order valence-electron chi connectivity index (χ1n) is 5.94. The lowest BCUT2D eigenvalue weighted by atomic mass is 10.1. The molecule has 2 aliphatic rings. The predicted molar refractivity (Wildman–Crippen MR) is 59.3 cm³/mol. The molecule has 80 valence electrons. The van der Waals surface area contributed by atoms with E-state index >= 15 is 0 Å². The zero-order valence-electron chi connectivity index (χ0n) is 8.91. The van der Waals surface area contributed by atoms with E-state index in [0.717, 1.165) is 19.0 Å². The van der Waals surface area contributed by atoms with Crippen LogP contribution in [0, 0.1) is 0 Å². The van der Waals surface area contributed by atoms with Crippen LogP contribution < -0.4 is 5.73 Å². The van der Waals surface area contributed by atoms with Gasteiger partial charge in [-0.2, -0.15) is 0 Å². The van der Waals surface area contributed by atoms with E-state index in [-0.39, 0.29) is 0 Å². The minimum absolute atomic E-state index is 0.525. The van der Waals surface area contributed by atoms with Crippen LogP contribution in [0.2, 0.25) is 0 Å². The molecule has 0 atom stereocenters. The highest BCUT2D eigenvalue weighted by molar-refractivity contribution is 5.78. The number of nitrogens with zero attached hydrogens (tertiary/aromatic N) is 2. The lowest BCUT2D eigenvalue weighted by molar-refractivity contribution is 0.336. The van der Waals surface area contributed by atoms with E-state index in [1.54, 1.807) is 0 Å². The van der Waals surface area contributed by atoms with Crippen molar-refractivity contribution >= 4 is 5.96 Å². The van der Waals surface area contributed by atoms with Crippen LogP contribution in [0.15, 0.2) is 4.99 Å². The largest absolute Gasteiger partial charge is 0.370 e. The lowest BCUT2D eigenvalue weighted by Gasteiger charge is -2.28. The molecular weight excluding hydrogens is 174 g/mol. The van der Waals surface area contributed by atoms with E-state index < -0.39 is 0 Å². The Hall–Kier alpha value is -0.730. The van der Waals surface area contributed by atoms with Crippen molar-refractivity contribution < 1.29 is 0 Å². The van der Waals surface area contributed by atoms with Crippen LogP contribution in [0.5, 0.6) is 0 Å². The molecule has 2 N–H and O–H groups in total. The predicted octanol–water partition coefficient (Wildman–Crippen LogP) is 1.73. The fraction of sp³-hybridized carbons (Fsp3) is 0.909. The first-order chi connectivity index (χ1) is 6.86. The molecular formula is C11H21N3. The zero-order valence-corrected chi connectivity index (χ0v) is 8.91. The van der Waals surface area contributed by atoms with Gasteiger partial charge in [-0.25, -0.2) is 4.99 Å². The summed E-state index contributed by atoms with van der Waals surface area (Å²) < 4.78 is 0. The van der Waals surface area contributed by atoms with Crippen molar-refractivity contribution in [3.8, 4) is 0 Å². The van der Waals surface area contributed by atoms with E-state index in [1.807, 2.05) is 0 Å². The van der Waals surface area contributed by atoms with Gasteiger partial charge < -0.3 is 10.6 Å². The molecule has 0 aromatic carbocycles. The van der Waals surface area contributed by atoms with Gasteiger partial charge in [-0.05, 0) is 32.1 Å². The minimum atomic E-state index is 0.525. The smallest absolute Gasteiger partial charge is 0.191 e. The van der Waals surface area contributed by atoms with Crippen molar-refractivity contribution in [2.75, 3.05) is 13.1 Å². The molecule has 1 heterocycles. The molecule has 1 aliphatic heterocycles. The third kappa shape index (κ3) is 2.40. The maximum Gasteiger partial charge on any atom is 0.191 e. The number of piperidine rings is 1. The van der Waals surface area contributed by atoms with Crippen molar-refractivity contribution in [2.45, 2.75) is 51.0 Å². The van der Waals surface area contributed by atoms with Crippen LogP contribution in [0.25, 0.3) is 0 Å². The normalized spacial score (nSPS) is 25.7. The van der Waals surface area contributed by atoms with Gasteiger partial charge in [-0.15, -0.1) is 0 Å². The first-order valence-corrected chi connectivity index (χ1v) is 5.94. The Bertz CT molecular complexity index is 201. The van der Waals surface area contributed by atoms with Crippen molar-refractivity contribution in [3.05, 3.63) is 0 Å². The molecule has 2 rings (SSSR count). The molecule has 0 aromatic heterocycles. The summed E-state index contributed by atoms with van der Waals surface area (Å²) in [6.45, 7) is 2.23. The van der Waals surface area contributed by atoms with Crippen LogP contribution in [0.1, 0.15) is 44.9 Å². The quantitative estimate of drug-likeness (QED) is 0.511. The summed E-state index contributed by atoms with van der Waals surface area (Å²) in [4.78, 5) is 6.87. The van der Waals surface area contributed by atoms with Crippen molar-refractivity contribution in [1.29, 1.82) is 0 Å². The molecule has 0 aromatic rings. The third-order valence-corrected chi connectivity index (χ3v) is 3.32. The number of hydrogen-bond donors (Lipinski definition) is 1. The summed E-state index contributed by atoms with van der Waals surface area (Å²) >= 11 is 0.